The lowest BCUT2D eigenvalue weighted by atomic mass is 10.1. The number of rotatable bonds is 4. The Morgan fingerprint density at radius 2 is 1.60 bits per heavy atom. The van der Waals surface area contributed by atoms with Crippen molar-refractivity contribution < 1.29 is 26.4 Å². The summed E-state index contributed by atoms with van der Waals surface area (Å²) in [6.07, 6.45) is -1.47. The Balaban J connectivity index is 1.73. The molecule has 10 heteroatoms. The molecule has 0 aromatic heterocycles. The standard InChI is InChI=1S/C20H21F3N2O3S2/c1-29-18-8-7-16(30(2,27)28)13-17(18)19(26)25-11-9-24(10-12-25)15-5-3-14(4-6-15)20(21,22)23/h3-8,13H,9-12H2,1-2H3. The van der Waals surface area contributed by atoms with Crippen LogP contribution >= 0.6 is 11.8 Å². The molecule has 30 heavy (non-hydrogen) atoms. The average molecular weight is 459 g/mol. The molecule has 1 amide bonds. The highest BCUT2D eigenvalue weighted by molar-refractivity contribution is 7.98. The second-order valence-electron chi connectivity index (χ2n) is 6.96. The molecular formula is C20H21F3N2O3S2. The van der Waals surface area contributed by atoms with Gasteiger partial charge in [-0.25, -0.2) is 8.42 Å². The number of carbonyl (C=O) groups is 1. The third-order valence-electron chi connectivity index (χ3n) is 4.96. The van der Waals surface area contributed by atoms with Crippen LogP contribution in [0.25, 0.3) is 0 Å². The molecule has 0 N–H and O–H groups in total. The van der Waals surface area contributed by atoms with Gasteiger partial charge >= 0.3 is 6.18 Å². The SMILES string of the molecule is CSc1ccc(S(C)(=O)=O)cc1C(=O)N1CCN(c2ccc(C(F)(F)F)cc2)CC1. The Morgan fingerprint density at radius 1 is 1.00 bits per heavy atom. The third kappa shape index (κ3) is 4.92. The number of piperazine rings is 1. The van der Waals surface area contributed by atoms with Crippen molar-refractivity contribution >= 4 is 33.2 Å². The molecule has 162 valence electrons. The summed E-state index contributed by atoms with van der Waals surface area (Å²) in [6, 6.07) is 9.49. The number of thioether (sulfide) groups is 1. The van der Waals surface area contributed by atoms with Crippen LogP contribution in [-0.2, 0) is 16.0 Å². The largest absolute Gasteiger partial charge is 0.416 e. The van der Waals surface area contributed by atoms with Gasteiger partial charge in [0.15, 0.2) is 9.84 Å². The summed E-state index contributed by atoms with van der Waals surface area (Å²) in [5, 5.41) is 0. The van der Waals surface area contributed by atoms with Gasteiger partial charge in [0.1, 0.15) is 0 Å². The van der Waals surface area contributed by atoms with Crippen LogP contribution in [-0.4, -0.2) is 57.9 Å². The summed E-state index contributed by atoms with van der Waals surface area (Å²) in [4.78, 5) is 17.4. The lowest BCUT2D eigenvalue weighted by molar-refractivity contribution is -0.137. The molecule has 1 fully saturated rings. The number of benzene rings is 2. The Morgan fingerprint density at radius 3 is 2.10 bits per heavy atom. The number of amides is 1. The molecule has 0 spiro atoms. The fourth-order valence-electron chi connectivity index (χ4n) is 3.28. The number of carbonyl (C=O) groups excluding carboxylic acids is 1. The first kappa shape index (κ1) is 22.5. The normalized spacial score (nSPS) is 15.4. The first-order valence-electron chi connectivity index (χ1n) is 9.10. The fourth-order valence-corrected chi connectivity index (χ4v) is 4.50. The zero-order valence-electron chi connectivity index (χ0n) is 16.4. The molecule has 5 nitrogen and oxygen atoms in total. The maximum atomic E-state index is 13.0. The molecule has 1 aliphatic heterocycles. The summed E-state index contributed by atoms with van der Waals surface area (Å²) >= 11 is 1.36. The van der Waals surface area contributed by atoms with E-state index in [1.165, 1.54) is 36.0 Å². The summed E-state index contributed by atoms with van der Waals surface area (Å²) in [5.41, 5.74) is 0.308. The van der Waals surface area contributed by atoms with E-state index in [4.69, 9.17) is 0 Å². The highest BCUT2D eigenvalue weighted by atomic mass is 32.2. The van der Waals surface area contributed by atoms with Gasteiger partial charge in [-0.15, -0.1) is 11.8 Å². The quantitative estimate of drug-likeness (QED) is 0.653. The van der Waals surface area contributed by atoms with E-state index >= 15 is 0 Å². The first-order chi connectivity index (χ1) is 14.0. The van der Waals surface area contributed by atoms with Crippen LogP contribution < -0.4 is 4.90 Å². The lowest BCUT2D eigenvalue weighted by Gasteiger charge is -2.36. The first-order valence-corrected chi connectivity index (χ1v) is 12.2. The molecule has 0 radical (unpaired) electrons. The van der Waals surface area contributed by atoms with E-state index in [0.717, 1.165) is 18.4 Å². The van der Waals surface area contributed by atoms with Crippen LogP contribution in [0.3, 0.4) is 0 Å². The predicted octanol–water partition coefficient (Wildman–Crippen LogP) is 3.79. The van der Waals surface area contributed by atoms with E-state index in [-0.39, 0.29) is 10.8 Å². The fraction of sp³-hybridized carbons (Fsp3) is 0.350. The zero-order chi connectivity index (χ0) is 22.1. The Kier molecular flexibility index (Phi) is 6.37. The molecule has 0 unspecified atom stereocenters. The number of halogens is 3. The van der Waals surface area contributed by atoms with Gasteiger partial charge in [-0.1, -0.05) is 0 Å². The van der Waals surface area contributed by atoms with Crippen molar-refractivity contribution in [1.82, 2.24) is 4.90 Å². The van der Waals surface area contributed by atoms with Crippen LogP contribution in [0.15, 0.2) is 52.3 Å². The lowest BCUT2D eigenvalue weighted by Crippen LogP contribution is -2.49. The van der Waals surface area contributed by atoms with Crippen molar-refractivity contribution in [2.24, 2.45) is 0 Å². The molecule has 1 saturated heterocycles. The molecule has 0 bridgehead atoms. The van der Waals surface area contributed by atoms with Crippen molar-refractivity contribution in [3.05, 3.63) is 53.6 Å². The van der Waals surface area contributed by atoms with Gasteiger partial charge in [-0.2, -0.15) is 13.2 Å². The maximum absolute atomic E-state index is 13.0. The smallest absolute Gasteiger partial charge is 0.368 e. The van der Waals surface area contributed by atoms with Gasteiger partial charge < -0.3 is 9.80 Å². The third-order valence-corrected chi connectivity index (χ3v) is 6.86. The van der Waals surface area contributed by atoms with Crippen LogP contribution in [0.2, 0.25) is 0 Å². The molecule has 0 saturated carbocycles. The number of sulfone groups is 1. The molecule has 0 aliphatic carbocycles. The second-order valence-corrected chi connectivity index (χ2v) is 9.82. The number of hydrogen-bond donors (Lipinski definition) is 0. The minimum Gasteiger partial charge on any atom is -0.368 e. The van der Waals surface area contributed by atoms with Crippen molar-refractivity contribution in [2.75, 3.05) is 43.6 Å². The van der Waals surface area contributed by atoms with E-state index in [1.807, 2.05) is 11.2 Å². The van der Waals surface area contributed by atoms with Gasteiger partial charge in [0.05, 0.1) is 16.0 Å². The van der Waals surface area contributed by atoms with Crippen LogP contribution in [0.5, 0.6) is 0 Å². The van der Waals surface area contributed by atoms with Gasteiger partial charge in [-0.05, 0) is 48.7 Å². The van der Waals surface area contributed by atoms with Gasteiger partial charge in [0, 0.05) is 43.0 Å². The number of hydrogen-bond acceptors (Lipinski definition) is 5. The van der Waals surface area contributed by atoms with E-state index in [9.17, 15) is 26.4 Å². The average Bonchev–Trinajstić information content (AvgIpc) is 2.71. The summed E-state index contributed by atoms with van der Waals surface area (Å²) in [6.45, 7) is 1.71. The summed E-state index contributed by atoms with van der Waals surface area (Å²) < 4.78 is 61.9. The summed E-state index contributed by atoms with van der Waals surface area (Å²) in [5.74, 6) is -0.253. The molecule has 2 aromatic rings. The second kappa shape index (κ2) is 8.50. The molecular weight excluding hydrogens is 437 g/mol. The van der Waals surface area contributed by atoms with E-state index in [0.29, 0.717) is 42.3 Å². The maximum Gasteiger partial charge on any atom is 0.416 e. The van der Waals surface area contributed by atoms with Crippen LogP contribution in [0, 0.1) is 0 Å². The van der Waals surface area contributed by atoms with Crippen LogP contribution in [0.1, 0.15) is 15.9 Å². The molecule has 0 atom stereocenters. The topological polar surface area (TPSA) is 57.7 Å². The highest BCUT2D eigenvalue weighted by Gasteiger charge is 2.30. The van der Waals surface area contributed by atoms with Crippen molar-refractivity contribution in [3.63, 3.8) is 0 Å². The van der Waals surface area contributed by atoms with E-state index in [2.05, 4.69) is 0 Å². The van der Waals surface area contributed by atoms with Crippen molar-refractivity contribution in [3.8, 4) is 0 Å². The molecule has 1 heterocycles. The highest BCUT2D eigenvalue weighted by Crippen LogP contribution is 2.31. The zero-order valence-corrected chi connectivity index (χ0v) is 18.1. The Labute approximate surface area is 177 Å². The van der Waals surface area contributed by atoms with E-state index in [1.54, 1.807) is 11.0 Å². The van der Waals surface area contributed by atoms with Gasteiger partial charge in [-0.3, -0.25) is 4.79 Å². The Hall–Kier alpha value is -2.20. The number of nitrogens with zero attached hydrogens (tertiary/aromatic N) is 2. The molecule has 2 aromatic carbocycles. The van der Waals surface area contributed by atoms with E-state index < -0.39 is 21.6 Å². The predicted molar refractivity (Wildman–Crippen MR) is 111 cm³/mol. The Bertz CT molecular complexity index is 1030. The number of anilines is 1. The monoisotopic (exact) mass is 458 g/mol. The summed E-state index contributed by atoms with van der Waals surface area (Å²) in [7, 11) is -3.44. The number of alkyl halides is 3. The van der Waals surface area contributed by atoms with Crippen molar-refractivity contribution in [2.45, 2.75) is 16.0 Å². The molecule has 1 aliphatic rings. The minimum atomic E-state index is -4.38. The van der Waals surface area contributed by atoms with Gasteiger partial charge in [0.25, 0.3) is 5.91 Å². The molecule has 3 rings (SSSR count). The van der Waals surface area contributed by atoms with Crippen molar-refractivity contribution in [1.29, 1.82) is 0 Å². The van der Waals surface area contributed by atoms with Gasteiger partial charge in [0.2, 0.25) is 0 Å². The minimum absolute atomic E-state index is 0.0899. The van der Waals surface area contributed by atoms with Crippen LogP contribution in [0.4, 0.5) is 18.9 Å².